The van der Waals surface area contributed by atoms with Crippen LogP contribution in [0.4, 0.5) is 0 Å². The molecule has 46 heavy (non-hydrogen) atoms. The fraction of sp³-hybridized carbons (Fsp3) is 0.178. The van der Waals surface area contributed by atoms with Crippen LogP contribution in [-0.2, 0) is 15.6 Å². The van der Waals surface area contributed by atoms with Gasteiger partial charge in [0.1, 0.15) is 0 Å². The fourth-order valence-corrected chi connectivity index (χ4v) is 7.45. The topological polar surface area (TPSA) is 17.1 Å². The van der Waals surface area contributed by atoms with E-state index in [0.717, 1.165) is 44.5 Å². The molecule has 8 rings (SSSR count). The van der Waals surface area contributed by atoms with Gasteiger partial charge in [0.15, 0.2) is 5.78 Å². The lowest BCUT2D eigenvalue weighted by Gasteiger charge is -2.24. The quantitative estimate of drug-likeness (QED) is 0.199. The average molecular weight is 595 g/mol. The first-order valence-corrected chi connectivity index (χ1v) is 16.3. The summed E-state index contributed by atoms with van der Waals surface area (Å²) in [7, 11) is 0. The molecular weight excluding hydrogens is 556 g/mol. The van der Waals surface area contributed by atoms with Crippen LogP contribution >= 0.6 is 0 Å². The van der Waals surface area contributed by atoms with Crippen LogP contribution in [0.2, 0.25) is 0 Å². The van der Waals surface area contributed by atoms with Gasteiger partial charge in [0.2, 0.25) is 0 Å². The molecule has 0 radical (unpaired) electrons. The molecule has 0 amide bonds. The van der Waals surface area contributed by atoms with Gasteiger partial charge in [0, 0.05) is 22.3 Å². The summed E-state index contributed by atoms with van der Waals surface area (Å²) in [5, 5.41) is 5.01. The molecule has 0 aliphatic heterocycles. The number of carbonyl (C=O) groups is 1. The molecule has 0 aromatic heterocycles. The number of carbonyl (C=O) groups excluding carboxylic acids is 1. The SMILES string of the molecule is CC(C)(C)c1ccc2c(-c3ccc4c5c(cccc35)C3=C(c5ccccc5)C(=O)C(c5ccccc5)=C34)cc(C(C)(C)C)cc2c1. The maximum atomic E-state index is 14.4. The molecule has 0 spiro atoms. The summed E-state index contributed by atoms with van der Waals surface area (Å²) < 4.78 is 0. The summed E-state index contributed by atoms with van der Waals surface area (Å²) in [5.41, 5.74) is 13.2. The summed E-state index contributed by atoms with van der Waals surface area (Å²) in [6.07, 6.45) is 0. The Morgan fingerprint density at radius 3 is 1.54 bits per heavy atom. The Hall–Kier alpha value is -5.01. The van der Waals surface area contributed by atoms with Gasteiger partial charge in [-0.2, -0.15) is 0 Å². The molecule has 6 aromatic carbocycles. The summed E-state index contributed by atoms with van der Waals surface area (Å²) in [6, 6.07) is 43.4. The highest BCUT2D eigenvalue weighted by atomic mass is 16.1. The Kier molecular flexibility index (Phi) is 6.18. The molecule has 0 heterocycles. The van der Waals surface area contributed by atoms with Crippen LogP contribution in [0.3, 0.4) is 0 Å². The molecule has 1 nitrogen and oxygen atoms in total. The van der Waals surface area contributed by atoms with E-state index in [2.05, 4.69) is 126 Å². The second-order valence-electron chi connectivity index (χ2n) is 14.9. The summed E-state index contributed by atoms with van der Waals surface area (Å²) >= 11 is 0. The van der Waals surface area contributed by atoms with Crippen LogP contribution in [0.1, 0.15) is 74.9 Å². The third kappa shape index (κ3) is 4.26. The Morgan fingerprint density at radius 1 is 0.413 bits per heavy atom. The van der Waals surface area contributed by atoms with Crippen molar-refractivity contribution in [3.8, 4) is 11.1 Å². The molecule has 0 atom stereocenters. The van der Waals surface area contributed by atoms with Gasteiger partial charge in [0.25, 0.3) is 0 Å². The summed E-state index contributed by atoms with van der Waals surface area (Å²) in [6.45, 7) is 13.7. The van der Waals surface area contributed by atoms with E-state index in [4.69, 9.17) is 0 Å². The van der Waals surface area contributed by atoms with Crippen molar-refractivity contribution in [3.05, 3.63) is 155 Å². The molecule has 0 saturated heterocycles. The molecule has 2 aliphatic rings. The fourth-order valence-electron chi connectivity index (χ4n) is 7.45. The largest absolute Gasteiger partial charge is 0.289 e. The molecule has 0 bridgehead atoms. The third-order valence-corrected chi connectivity index (χ3v) is 9.88. The number of ketones is 1. The first-order valence-electron chi connectivity index (χ1n) is 16.3. The minimum absolute atomic E-state index is 0.00226. The molecule has 2 aliphatic carbocycles. The van der Waals surface area contributed by atoms with Gasteiger partial charge < -0.3 is 0 Å². The van der Waals surface area contributed by atoms with Gasteiger partial charge in [-0.25, -0.2) is 0 Å². The Labute approximate surface area is 271 Å². The third-order valence-electron chi connectivity index (χ3n) is 9.88. The lowest BCUT2D eigenvalue weighted by Crippen LogP contribution is -2.12. The van der Waals surface area contributed by atoms with Crippen molar-refractivity contribution < 1.29 is 4.79 Å². The predicted molar refractivity (Wildman–Crippen MR) is 196 cm³/mol. The molecule has 6 aromatic rings. The zero-order valence-electron chi connectivity index (χ0n) is 27.5. The number of rotatable bonds is 3. The second kappa shape index (κ2) is 9.99. The molecular formula is C45H38O. The van der Waals surface area contributed by atoms with Crippen molar-refractivity contribution in [1.82, 2.24) is 0 Å². The number of hydrogen-bond acceptors (Lipinski definition) is 1. The van der Waals surface area contributed by atoms with E-state index in [1.54, 1.807) is 0 Å². The first kappa shape index (κ1) is 28.5. The van der Waals surface area contributed by atoms with Gasteiger partial charge in [-0.3, -0.25) is 4.79 Å². The van der Waals surface area contributed by atoms with Crippen molar-refractivity contribution in [2.45, 2.75) is 52.4 Å². The minimum atomic E-state index is -0.00226. The number of hydrogen-bond donors (Lipinski definition) is 0. The molecule has 0 saturated carbocycles. The number of benzene rings is 6. The monoisotopic (exact) mass is 594 g/mol. The smallest absolute Gasteiger partial charge is 0.195 e. The maximum Gasteiger partial charge on any atom is 0.195 e. The van der Waals surface area contributed by atoms with Crippen LogP contribution in [0.25, 0.3) is 55.0 Å². The van der Waals surface area contributed by atoms with Crippen molar-refractivity contribution in [2.75, 3.05) is 0 Å². The molecule has 0 N–H and O–H groups in total. The van der Waals surface area contributed by atoms with Gasteiger partial charge >= 0.3 is 0 Å². The van der Waals surface area contributed by atoms with Crippen LogP contribution in [0.5, 0.6) is 0 Å². The molecule has 224 valence electrons. The van der Waals surface area contributed by atoms with Crippen LogP contribution in [0, 0.1) is 0 Å². The first-order chi connectivity index (χ1) is 22.0. The minimum Gasteiger partial charge on any atom is -0.289 e. The van der Waals surface area contributed by atoms with Gasteiger partial charge in [-0.1, -0.05) is 157 Å². The van der Waals surface area contributed by atoms with Crippen molar-refractivity contribution >= 4 is 49.6 Å². The molecule has 1 heteroatoms. The zero-order valence-corrected chi connectivity index (χ0v) is 27.5. The highest BCUT2D eigenvalue weighted by molar-refractivity contribution is 6.61. The normalized spacial score (nSPS) is 14.6. The van der Waals surface area contributed by atoms with E-state index in [-0.39, 0.29) is 16.6 Å². The van der Waals surface area contributed by atoms with E-state index in [1.165, 1.54) is 43.8 Å². The Morgan fingerprint density at radius 2 is 0.957 bits per heavy atom. The van der Waals surface area contributed by atoms with Crippen molar-refractivity contribution in [2.24, 2.45) is 0 Å². The van der Waals surface area contributed by atoms with Crippen LogP contribution in [-0.4, -0.2) is 5.78 Å². The Balaban J connectivity index is 1.45. The zero-order chi connectivity index (χ0) is 32.0. The van der Waals surface area contributed by atoms with Crippen LogP contribution < -0.4 is 0 Å². The van der Waals surface area contributed by atoms with Crippen molar-refractivity contribution in [1.29, 1.82) is 0 Å². The van der Waals surface area contributed by atoms with Crippen LogP contribution in [0.15, 0.2) is 121 Å². The van der Waals surface area contributed by atoms with E-state index < -0.39 is 0 Å². The summed E-state index contributed by atoms with van der Waals surface area (Å²) in [4.78, 5) is 14.4. The average Bonchev–Trinajstić information content (AvgIpc) is 3.52. The lowest BCUT2D eigenvalue weighted by atomic mass is 9.80. The standard InChI is InChI=1S/C45H38O/c1-44(2,3)30-20-21-32-29(24-30)25-31(45(4,5)6)26-37(32)33-22-23-36-40-34(33)18-13-19-35(40)41-38(27-14-9-7-10-15-27)43(46)39(42(36)41)28-16-11-8-12-17-28/h7-26H,1-6H3. The van der Waals surface area contributed by atoms with Gasteiger partial charge in [0.05, 0.1) is 0 Å². The molecule has 0 fully saturated rings. The summed E-state index contributed by atoms with van der Waals surface area (Å²) in [5.74, 6) is 0.104. The lowest BCUT2D eigenvalue weighted by molar-refractivity contribution is -0.108. The van der Waals surface area contributed by atoms with E-state index in [9.17, 15) is 4.79 Å². The molecule has 0 unspecified atom stereocenters. The predicted octanol–water partition coefficient (Wildman–Crippen LogP) is 11.7. The second-order valence-corrected chi connectivity index (χ2v) is 14.9. The highest BCUT2D eigenvalue weighted by Gasteiger charge is 2.40. The highest BCUT2D eigenvalue weighted by Crippen LogP contribution is 2.57. The maximum absolute atomic E-state index is 14.4. The van der Waals surface area contributed by atoms with E-state index >= 15 is 0 Å². The number of fused-ring (bicyclic) bond motifs is 4. The van der Waals surface area contributed by atoms with E-state index in [1.807, 2.05) is 36.4 Å². The Bertz CT molecular complexity index is 2220. The number of Topliss-reactive ketones (excluding diaryl/α,β-unsaturated/α-hetero) is 1. The van der Waals surface area contributed by atoms with Gasteiger partial charge in [-0.15, -0.1) is 0 Å². The van der Waals surface area contributed by atoms with E-state index in [0.29, 0.717) is 0 Å². The van der Waals surface area contributed by atoms with Gasteiger partial charge in [-0.05, 0) is 82.9 Å². The van der Waals surface area contributed by atoms with Crippen molar-refractivity contribution in [3.63, 3.8) is 0 Å². The number of allylic oxidation sites excluding steroid dienone is 4.